The van der Waals surface area contributed by atoms with E-state index in [-0.39, 0.29) is 30.0 Å². The van der Waals surface area contributed by atoms with Crippen molar-refractivity contribution in [1.82, 2.24) is 25.4 Å². The molecule has 2 aromatic rings. The van der Waals surface area contributed by atoms with Gasteiger partial charge in [0.1, 0.15) is 12.4 Å². The molecule has 156 valence electrons. The molecule has 28 heavy (non-hydrogen) atoms. The second-order valence-corrected chi connectivity index (χ2v) is 6.66. The van der Waals surface area contributed by atoms with E-state index in [2.05, 4.69) is 32.7 Å². The summed E-state index contributed by atoms with van der Waals surface area (Å²) in [4.78, 5) is 4.67. The van der Waals surface area contributed by atoms with Crippen LogP contribution in [0.25, 0.3) is 0 Å². The Kier molecular flexibility index (Phi) is 11.4. The first-order valence-electron chi connectivity index (χ1n) is 9.24. The maximum atomic E-state index is 6.32. The Morgan fingerprint density at radius 1 is 1.32 bits per heavy atom. The van der Waals surface area contributed by atoms with Crippen LogP contribution in [0.3, 0.4) is 0 Å². The zero-order valence-corrected chi connectivity index (χ0v) is 20.0. The van der Waals surface area contributed by atoms with Gasteiger partial charge in [0.15, 0.2) is 11.8 Å². The number of aryl methyl sites for hydroxylation is 1. The average molecular weight is 521 g/mol. The van der Waals surface area contributed by atoms with Crippen molar-refractivity contribution >= 4 is 41.5 Å². The molecule has 1 unspecified atom stereocenters. The van der Waals surface area contributed by atoms with Gasteiger partial charge in [0.05, 0.1) is 6.04 Å². The summed E-state index contributed by atoms with van der Waals surface area (Å²) in [6, 6.07) is 7.82. The molecule has 0 aliphatic rings. The molecule has 0 aliphatic carbocycles. The summed E-state index contributed by atoms with van der Waals surface area (Å²) in [5.74, 6) is 2.39. The van der Waals surface area contributed by atoms with E-state index in [9.17, 15) is 0 Å². The van der Waals surface area contributed by atoms with Gasteiger partial charge in [-0.15, -0.1) is 34.2 Å². The van der Waals surface area contributed by atoms with Crippen LogP contribution in [0.4, 0.5) is 0 Å². The summed E-state index contributed by atoms with van der Waals surface area (Å²) >= 11 is 6.32. The first-order valence-corrected chi connectivity index (χ1v) is 9.62. The summed E-state index contributed by atoms with van der Waals surface area (Å²) in [6.07, 6.45) is 0.901. The van der Waals surface area contributed by atoms with E-state index in [1.165, 1.54) is 0 Å². The molecule has 0 amide bonds. The number of ether oxygens (including phenoxy) is 1. The van der Waals surface area contributed by atoms with Crippen LogP contribution in [0, 0.1) is 6.92 Å². The third-order valence-electron chi connectivity index (χ3n) is 4.25. The van der Waals surface area contributed by atoms with Crippen molar-refractivity contribution < 1.29 is 4.74 Å². The van der Waals surface area contributed by atoms with E-state index in [1.807, 2.05) is 49.7 Å². The number of aromatic nitrogens is 3. The van der Waals surface area contributed by atoms with Gasteiger partial charge < -0.3 is 19.9 Å². The molecule has 1 heterocycles. The number of hydrogen-bond acceptors (Lipinski definition) is 4. The molecular formula is C19H30ClIN6O. The molecular weight excluding hydrogens is 491 g/mol. The number of rotatable bonds is 9. The van der Waals surface area contributed by atoms with E-state index in [0.29, 0.717) is 12.5 Å². The molecule has 7 nitrogen and oxygen atoms in total. The Balaban J connectivity index is 0.00000392. The summed E-state index contributed by atoms with van der Waals surface area (Å²) < 4.78 is 7.33. The van der Waals surface area contributed by atoms with Gasteiger partial charge in [0.2, 0.25) is 0 Å². The zero-order chi connectivity index (χ0) is 19.6. The lowest BCUT2D eigenvalue weighted by Crippen LogP contribution is -2.39. The monoisotopic (exact) mass is 520 g/mol. The zero-order valence-electron chi connectivity index (χ0n) is 16.9. The Hall–Kier alpha value is -1.39. The van der Waals surface area contributed by atoms with E-state index >= 15 is 0 Å². The average Bonchev–Trinajstić information content (AvgIpc) is 2.98. The van der Waals surface area contributed by atoms with Gasteiger partial charge in [0.25, 0.3) is 0 Å². The normalized spacial score (nSPS) is 12.4. The molecule has 1 aromatic heterocycles. The molecule has 9 heteroatoms. The van der Waals surface area contributed by atoms with Crippen molar-refractivity contribution in [3.05, 3.63) is 46.5 Å². The van der Waals surface area contributed by atoms with Gasteiger partial charge in [-0.25, -0.2) is 4.99 Å². The number of halogens is 2. The number of nitrogens with zero attached hydrogens (tertiary/aromatic N) is 4. The minimum absolute atomic E-state index is 0. The molecule has 1 atom stereocenters. The van der Waals surface area contributed by atoms with Gasteiger partial charge in [-0.05, 0) is 38.8 Å². The van der Waals surface area contributed by atoms with Crippen molar-refractivity contribution in [2.75, 3.05) is 19.8 Å². The maximum Gasteiger partial charge on any atom is 0.192 e. The first kappa shape index (κ1) is 24.6. The molecule has 0 aliphatic heterocycles. The Morgan fingerprint density at radius 2 is 2.07 bits per heavy atom. The van der Waals surface area contributed by atoms with E-state index in [4.69, 9.17) is 16.3 Å². The van der Waals surface area contributed by atoms with Crippen LogP contribution in [0.1, 0.15) is 43.5 Å². The molecule has 0 saturated carbocycles. The highest BCUT2D eigenvalue weighted by atomic mass is 127. The summed E-state index contributed by atoms with van der Waals surface area (Å²) in [6.45, 7) is 8.63. The van der Waals surface area contributed by atoms with E-state index in [1.54, 1.807) is 0 Å². The molecule has 2 rings (SSSR count). The number of guanidine groups is 1. The molecule has 0 spiro atoms. The van der Waals surface area contributed by atoms with Gasteiger partial charge in [-0.3, -0.25) is 0 Å². The lowest BCUT2D eigenvalue weighted by molar-refractivity contribution is 0.145. The Labute approximate surface area is 189 Å². The highest BCUT2D eigenvalue weighted by Crippen LogP contribution is 2.21. The Morgan fingerprint density at radius 3 is 2.71 bits per heavy atom. The molecule has 0 bridgehead atoms. The fourth-order valence-corrected chi connectivity index (χ4v) is 2.82. The van der Waals surface area contributed by atoms with Crippen molar-refractivity contribution in [2.45, 2.75) is 39.8 Å². The van der Waals surface area contributed by atoms with Crippen LogP contribution >= 0.6 is 35.6 Å². The fraction of sp³-hybridized carbons (Fsp3) is 0.526. The van der Waals surface area contributed by atoms with Gasteiger partial charge in [0, 0.05) is 31.8 Å². The van der Waals surface area contributed by atoms with Crippen molar-refractivity contribution in [1.29, 1.82) is 0 Å². The van der Waals surface area contributed by atoms with Crippen LogP contribution in [0.2, 0.25) is 5.02 Å². The van der Waals surface area contributed by atoms with Crippen LogP contribution in [-0.2, 0) is 18.3 Å². The van der Waals surface area contributed by atoms with Gasteiger partial charge >= 0.3 is 0 Å². The van der Waals surface area contributed by atoms with Crippen LogP contribution < -0.4 is 10.6 Å². The van der Waals surface area contributed by atoms with E-state index in [0.717, 1.165) is 48.4 Å². The minimum atomic E-state index is 0. The number of nitrogens with one attached hydrogen (secondary N) is 2. The number of aliphatic imine (C=N–C) groups is 1. The lowest BCUT2D eigenvalue weighted by Gasteiger charge is -2.19. The largest absolute Gasteiger partial charge is 0.382 e. The third kappa shape index (κ3) is 7.56. The second-order valence-electron chi connectivity index (χ2n) is 6.25. The first-order chi connectivity index (χ1) is 13.0. The molecule has 0 fully saturated rings. The van der Waals surface area contributed by atoms with Crippen LogP contribution in [-0.4, -0.2) is 40.5 Å². The van der Waals surface area contributed by atoms with Crippen LogP contribution in [0.15, 0.2) is 29.3 Å². The molecule has 0 radical (unpaired) electrons. The quantitative estimate of drug-likeness (QED) is 0.229. The summed E-state index contributed by atoms with van der Waals surface area (Å²) in [7, 11) is 1.94. The fourth-order valence-electron chi connectivity index (χ4n) is 2.53. The predicted octanol–water partition coefficient (Wildman–Crippen LogP) is 3.62. The molecule has 2 N–H and O–H groups in total. The summed E-state index contributed by atoms with van der Waals surface area (Å²) in [5.41, 5.74) is 1.03. The number of hydrogen-bond donors (Lipinski definition) is 2. The van der Waals surface area contributed by atoms with Gasteiger partial charge in [-0.1, -0.05) is 29.8 Å². The van der Waals surface area contributed by atoms with Crippen molar-refractivity contribution in [2.24, 2.45) is 12.0 Å². The van der Waals surface area contributed by atoms with E-state index < -0.39 is 0 Å². The maximum absolute atomic E-state index is 6.32. The standard InChI is InChI=1S/C19H29ClN6O.HI/c1-5-27-12-8-11-21-19(22-13-18-25-24-15(3)26(18)4)23-14(2)16-9-6-7-10-17(16)20;/h6-7,9-10,14H,5,8,11-13H2,1-4H3,(H2,21,22,23);1H. The topological polar surface area (TPSA) is 76.4 Å². The highest BCUT2D eigenvalue weighted by molar-refractivity contribution is 14.0. The summed E-state index contributed by atoms with van der Waals surface area (Å²) in [5, 5.41) is 15.8. The predicted molar refractivity (Wildman–Crippen MR) is 124 cm³/mol. The number of benzene rings is 1. The van der Waals surface area contributed by atoms with Crippen LogP contribution in [0.5, 0.6) is 0 Å². The molecule has 0 saturated heterocycles. The van der Waals surface area contributed by atoms with Crippen molar-refractivity contribution in [3.63, 3.8) is 0 Å². The lowest BCUT2D eigenvalue weighted by atomic mass is 10.1. The molecule has 1 aromatic carbocycles. The minimum Gasteiger partial charge on any atom is -0.382 e. The smallest absolute Gasteiger partial charge is 0.192 e. The second kappa shape index (κ2) is 12.9. The van der Waals surface area contributed by atoms with Crippen molar-refractivity contribution in [3.8, 4) is 0 Å². The SMILES string of the molecule is CCOCCCNC(=NCc1nnc(C)n1C)NC(C)c1ccccc1Cl.I. The Bertz CT molecular complexity index is 752. The third-order valence-corrected chi connectivity index (χ3v) is 4.59. The van der Waals surface area contributed by atoms with Gasteiger partial charge in [-0.2, -0.15) is 0 Å². The highest BCUT2D eigenvalue weighted by Gasteiger charge is 2.12.